The summed E-state index contributed by atoms with van der Waals surface area (Å²) in [5.74, 6) is -0.379. The number of aromatic nitrogens is 3. The van der Waals surface area contributed by atoms with Crippen molar-refractivity contribution in [1.29, 1.82) is 0 Å². The monoisotopic (exact) mass is 417 g/mol. The number of anilines is 1. The Morgan fingerprint density at radius 3 is 2.65 bits per heavy atom. The number of rotatable bonds is 6. The van der Waals surface area contributed by atoms with Crippen LogP contribution in [-0.4, -0.2) is 26.9 Å². The molecule has 156 valence electrons. The summed E-state index contributed by atoms with van der Waals surface area (Å²) in [6.45, 7) is 1.97. The molecule has 2 aromatic heterocycles. The Bertz CT molecular complexity index is 1340. The maximum absolute atomic E-state index is 12.4. The average Bonchev–Trinajstić information content (AvgIpc) is 3.21. The van der Waals surface area contributed by atoms with E-state index < -0.39 is 5.91 Å². The number of nitrogens with one attached hydrogen (secondary N) is 2. The molecule has 2 heterocycles. The third kappa shape index (κ3) is 4.50. The van der Waals surface area contributed by atoms with Crippen LogP contribution in [0.25, 0.3) is 22.3 Å². The third-order valence-electron chi connectivity index (χ3n) is 4.73. The second kappa shape index (κ2) is 8.23. The molecule has 0 saturated carbocycles. The highest BCUT2D eigenvalue weighted by atomic mass is 16.5. The smallest absolute Gasteiger partial charge is 0.259 e. The van der Waals surface area contributed by atoms with Gasteiger partial charge >= 0.3 is 0 Å². The van der Waals surface area contributed by atoms with Crippen molar-refractivity contribution in [3.05, 3.63) is 75.9 Å². The molecule has 0 radical (unpaired) electrons. The van der Waals surface area contributed by atoms with E-state index in [4.69, 9.17) is 10.3 Å². The molecular formula is C22H19N5O4. The molecule has 4 N–H and O–H groups in total. The number of aryl methyl sites for hydroxylation is 2. The van der Waals surface area contributed by atoms with Crippen molar-refractivity contribution in [3.8, 4) is 11.4 Å². The zero-order valence-electron chi connectivity index (χ0n) is 16.6. The predicted octanol–water partition coefficient (Wildman–Crippen LogP) is 2.56. The van der Waals surface area contributed by atoms with E-state index in [9.17, 15) is 14.4 Å². The fourth-order valence-electron chi connectivity index (χ4n) is 3.12. The maximum Gasteiger partial charge on any atom is 0.259 e. The summed E-state index contributed by atoms with van der Waals surface area (Å²) in [4.78, 5) is 42.7. The van der Waals surface area contributed by atoms with Crippen LogP contribution in [0.2, 0.25) is 0 Å². The van der Waals surface area contributed by atoms with Gasteiger partial charge in [0.05, 0.1) is 5.56 Å². The second-order valence-corrected chi connectivity index (χ2v) is 7.10. The number of aromatic amines is 1. The van der Waals surface area contributed by atoms with Crippen molar-refractivity contribution in [2.24, 2.45) is 5.73 Å². The van der Waals surface area contributed by atoms with Gasteiger partial charge in [0.1, 0.15) is 0 Å². The summed E-state index contributed by atoms with van der Waals surface area (Å²) in [6, 6.07) is 13.7. The summed E-state index contributed by atoms with van der Waals surface area (Å²) in [7, 11) is 0. The number of H-pyrrole nitrogens is 1. The van der Waals surface area contributed by atoms with Gasteiger partial charge in [-0.15, -0.1) is 0 Å². The van der Waals surface area contributed by atoms with Crippen LogP contribution in [0.3, 0.4) is 0 Å². The molecule has 9 heteroatoms. The number of nitrogens with two attached hydrogens (primary N) is 1. The standard InChI is InChI=1S/C22H19N5O4/c1-12-2-7-17-14(10-12)11-16(22(30)25-17)21-26-19(31-27-21)9-8-18(28)24-15-5-3-13(4-6-15)20(23)29/h2-7,10-11H,8-9H2,1H3,(H2,23,29)(H,24,28)(H,25,30). The van der Waals surface area contributed by atoms with Gasteiger partial charge in [0, 0.05) is 29.6 Å². The van der Waals surface area contributed by atoms with Crippen LogP contribution < -0.4 is 16.6 Å². The van der Waals surface area contributed by atoms with Crippen molar-refractivity contribution >= 4 is 28.4 Å². The number of carbonyl (C=O) groups is 2. The molecule has 4 rings (SSSR count). The van der Waals surface area contributed by atoms with Crippen LogP contribution in [0.5, 0.6) is 0 Å². The van der Waals surface area contributed by atoms with E-state index in [-0.39, 0.29) is 36.0 Å². The van der Waals surface area contributed by atoms with E-state index in [2.05, 4.69) is 20.4 Å². The van der Waals surface area contributed by atoms with Crippen LogP contribution in [0.4, 0.5) is 5.69 Å². The predicted molar refractivity (Wildman–Crippen MR) is 115 cm³/mol. The zero-order valence-corrected chi connectivity index (χ0v) is 16.6. The van der Waals surface area contributed by atoms with Crippen molar-refractivity contribution in [2.75, 3.05) is 5.32 Å². The van der Waals surface area contributed by atoms with Gasteiger partial charge < -0.3 is 20.6 Å². The maximum atomic E-state index is 12.4. The lowest BCUT2D eigenvalue weighted by atomic mass is 10.1. The van der Waals surface area contributed by atoms with Crippen LogP contribution in [0.1, 0.15) is 28.2 Å². The Labute approximate surface area is 176 Å². The first-order valence-electron chi connectivity index (χ1n) is 9.55. The minimum absolute atomic E-state index is 0.104. The number of primary amides is 1. The molecule has 2 amide bonds. The lowest BCUT2D eigenvalue weighted by Gasteiger charge is -2.04. The number of benzene rings is 2. The van der Waals surface area contributed by atoms with Gasteiger partial charge in [-0.3, -0.25) is 14.4 Å². The van der Waals surface area contributed by atoms with Crippen molar-refractivity contribution in [1.82, 2.24) is 15.1 Å². The Morgan fingerprint density at radius 2 is 1.90 bits per heavy atom. The fourth-order valence-corrected chi connectivity index (χ4v) is 3.12. The van der Waals surface area contributed by atoms with Gasteiger partial charge in [-0.2, -0.15) is 4.98 Å². The molecule has 2 aromatic carbocycles. The number of pyridine rings is 1. The molecule has 0 saturated heterocycles. The van der Waals surface area contributed by atoms with Crippen LogP contribution in [0.15, 0.2) is 57.8 Å². The highest BCUT2D eigenvalue weighted by Crippen LogP contribution is 2.19. The highest BCUT2D eigenvalue weighted by molar-refractivity contribution is 5.94. The first kappa shape index (κ1) is 20.0. The van der Waals surface area contributed by atoms with E-state index in [0.717, 1.165) is 16.5 Å². The summed E-state index contributed by atoms with van der Waals surface area (Å²) >= 11 is 0. The van der Waals surface area contributed by atoms with Gasteiger partial charge in [0.2, 0.25) is 23.5 Å². The Balaban J connectivity index is 1.43. The molecule has 0 fully saturated rings. The fraction of sp³-hybridized carbons (Fsp3) is 0.136. The van der Waals surface area contributed by atoms with Gasteiger partial charge in [0.15, 0.2) is 0 Å². The highest BCUT2D eigenvalue weighted by Gasteiger charge is 2.14. The molecule has 31 heavy (non-hydrogen) atoms. The molecule has 0 bridgehead atoms. The Morgan fingerprint density at radius 1 is 1.13 bits per heavy atom. The van der Waals surface area contributed by atoms with Gasteiger partial charge in [-0.25, -0.2) is 0 Å². The molecule has 4 aromatic rings. The topological polar surface area (TPSA) is 144 Å². The summed E-state index contributed by atoms with van der Waals surface area (Å²) in [5, 5.41) is 7.46. The van der Waals surface area contributed by atoms with Crippen LogP contribution in [0, 0.1) is 6.92 Å². The normalized spacial score (nSPS) is 10.9. The number of hydrogen-bond acceptors (Lipinski definition) is 6. The van der Waals surface area contributed by atoms with Gasteiger partial charge in [-0.05, 0) is 54.8 Å². The number of fused-ring (bicyclic) bond motifs is 1. The molecule has 0 aliphatic rings. The molecule has 0 unspecified atom stereocenters. The minimum Gasteiger partial charge on any atom is -0.366 e. The number of carbonyl (C=O) groups excluding carboxylic acids is 2. The van der Waals surface area contributed by atoms with E-state index in [1.165, 1.54) is 12.1 Å². The molecule has 0 aliphatic heterocycles. The van der Waals surface area contributed by atoms with E-state index in [1.54, 1.807) is 18.2 Å². The third-order valence-corrected chi connectivity index (χ3v) is 4.73. The van der Waals surface area contributed by atoms with Crippen molar-refractivity contribution in [3.63, 3.8) is 0 Å². The first-order valence-corrected chi connectivity index (χ1v) is 9.55. The average molecular weight is 417 g/mol. The number of hydrogen-bond donors (Lipinski definition) is 3. The number of nitrogens with zero attached hydrogens (tertiary/aromatic N) is 2. The van der Waals surface area contributed by atoms with Gasteiger partial charge in [-0.1, -0.05) is 16.8 Å². The summed E-state index contributed by atoms with van der Waals surface area (Å²) < 4.78 is 5.21. The van der Waals surface area contributed by atoms with Gasteiger partial charge in [0.25, 0.3) is 5.56 Å². The first-order chi connectivity index (χ1) is 14.9. The Hall–Kier alpha value is -4.27. The minimum atomic E-state index is -0.537. The van der Waals surface area contributed by atoms with E-state index in [0.29, 0.717) is 16.8 Å². The van der Waals surface area contributed by atoms with E-state index in [1.807, 2.05) is 25.1 Å². The summed E-state index contributed by atoms with van der Waals surface area (Å²) in [6.07, 6.45) is 0.315. The van der Waals surface area contributed by atoms with Crippen molar-refractivity contribution < 1.29 is 14.1 Å². The Kier molecular flexibility index (Phi) is 5.31. The second-order valence-electron chi connectivity index (χ2n) is 7.10. The molecule has 9 nitrogen and oxygen atoms in total. The summed E-state index contributed by atoms with van der Waals surface area (Å²) in [5.41, 5.74) is 7.86. The zero-order chi connectivity index (χ0) is 22.0. The SMILES string of the molecule is Cc1ccc2[nH]c(=O)c(-c3noc(CCC(=O)Nc4ccc(C(N)=O)cc4)n3)cc2c1. The van der Waals surface area contributed by atoms with Crippen molar-refractivity contribution in [2.45, 2.75) is 19.8 Å². The molecule has 0 aliphatic carbocycles. The number of amides is 2. The lowest BCUT2D eigenvalue weighted by molar-refractivity contribution is -0.116. The van der Waals surface area contributed by atoms with Crippen LogP contribution >= 0.6 is 0 Å². The quantitative estimate of drug-likeness (QED) is 0.440. The van der Waals surface area contributed by atoms with Crippen LogP contribution in [-0.2, 0) is 11.2 Å². The molecule has 0 atom stereocenters. The van der Waals surface area contributed by atoms with E-state index >= 15 is 0 Å². The largest absolute Gasteiger partial charge is 0.366 e. The lowest BCUT2D eigenvalue weighted by Crippen LogP contribution is -2.13. The molecular weight excluding hydrogens is 398 g/mol. The molecule has 0 spiro atoms.